The van der Waals surface area contributed by atoms with Gasteiger partial charge in [-0.05, 0) is 13.8 Å². The van der Waals surface area contributed by atoms with Crippen molar-refractivity contribution in [3.8, 4) is 0 Å². The lowest BCUT2D eigenvalue weighted by atomic mass is 10.1. The molecule has 0 aliphatic carbocycles. The zero-order valence-electron chi connectivity index (χ0n) is 10.7. The molecule has 1 aromatic rings. The van der Waals surface area contributed by atoms with Crippen molar-refractivity contribution in [2.24, 2.45) is 0 Å². The third-order valence-electron chi connectivity index (χ3n) is 3.04. The van der Waals surface area contributed by atoms with Gasteiger partial charge in [0.25, 0.3) is 0 Å². The Kier molecular flexibility index (Phi) is 4.61. The first-order valence-corrected chi connectivity index (χ1v) is 6.62. The van der Waals surface area contributed by atoms with Crippen molar-refractivity contribution >= 4 is 11.6 Å². The minimum absolute atomic E-state index is 0.294. The van der Waals surface area contributed by atoms with Gasteiger partial charge in [0.05, 0.1) is 35.7 Å². The van der Waals surface area contributed by atoms with E-state index in [-0.39, 0.29) is 6.29 Å². The maximum Gasteiger partial charge on any atom is 0.160 e. The summed E-state index contributed by atoms with van der Waals surface area (Å²) in [5.41, 5.74) is 1.68. The number of aliphatic hydroxyl groups excluding tert-OH is 1. The Hall–Kier alpha value is -0.620. The van der Waals surface area contributed by atoms with Gasteiger partial charge in [0.2, 0.25) is 0 Å². The predicted molar refractivity (Wildman–Crippen MR) is 67.7 cm³/mol. The first-order valence-electron chi connectivity index (χ1n) is 6.24. The number of aromatic nitrogens is 2. The maximum absolute atomic E-state index is 10.1. The summed E-state index contributed by atoms with van der Waals surface area (Å²) in [6, 6.07) is 0. The smallest absolute Gasteiger partial charge is 0.160 e. The molecular weight excluding hydrogens is 256 g/mol. The van der Waals surface area contributed by atoms with Gasteiger partial charge in [-0.1, -0.05) is 11.6 Å². The van der Waals surface area contributed by atoms with E-state index in [2.05, 4.69) is 5.10 Å². The van der Waals surface area contributed by atoms with Crippen LogP contribution in [0.1, 0.15) is 24.7 Å². The van der Waals surface area contributed by atoms with Gasteiger partial charge in [-0.15, -0.1) is 0 Å². The molecule has 18 heavy (non-hydrogen) atoms. The molecule has 2 rings (SSSR count). The number of rotatable bonds is 5. The zero-order valence-corrected chi connectivity index (χ0v) is 11.5. The van der Waals surface area contributed by atoms with Crippen molar-refractivity contribution in [2.45, 2.75) is 45.6 Å². The fourth-order valence-electron chi connectivity index (χ4n) is 2.14. The van der Waals surface area contributed by atoms with E-state index in [0.717, 1.165) is 17.9 Å². The second kappa shape index (κ2) is 6.02. The first-order chi connectivity index (χ1) is 8.61. The number of halogens is 1. The van der Waals surface area contributed by atoms with E-state index in [4.69, 9.17) is 21.1 Å². The van der Waals surface area contributed by atoms with E-state index in [1.807, 2.05) is 18.5 Å². The topological polar surface area (TPSA) is 56.5 Å². The Balaban J connectivity index is 1.99. The molecule has 6 heteroatoms. The monoisotopic (exact) mass is 274 g/mol. The van der Waals surface area contributed by atoms with Gasteiger partial charge in [0.15, 0.2) is 6.29 Å². The van der Waals surface area contributed by atoms with Crippen LogP contribution in [0.4, 0.5) is 0 Å². The third-order valence-corrected chi connectivity index (χ3v) is 3.53. The minimum Gasteiger partial charge on any atom is -0.393 e. The molecule has 0 spiro atoms. The molecular formula is C12H19ClN2O3. The molecule has 1 aliphatic rings. The van der Waals surface area contributed by atoms with Gasteiger partial charge in [0, 0.05) is 19.4 Å². The van der Waals surface area contributed by atoms with E-state index >= 15 is 0 Å². The van der Waals surface area contributed by atoms with Crippen LogP contribution < -0.4 is 0 Å². The largest absolute Gasteiger partial charge is 0.393 e. The molecule has 1 unspecified atom stereocenters. The van der Waals surface area contributed by atoms with E-state index in [1.165, 1.54) is 0 Å². The van der Waals surface area contributed by atoms with Crippen LogP contribution >= 0.6 is 11.6 Å². The number of hydrogen-bond donors (Lipinski definition) is 1. The van der Waals surface area contributed by atoms with Crippen molar-refractivity contribution in [3.05, 3.63) is 16.4 Å². The number of ether oxygens (including phenoxy) is 2. The first kappa shape index (κ1) is 13.8. The third kappa shape index (κ3) is 3.03. The number of aliphatic hydroxyl groups is 1. The van der Waals surface area contributed by atoms with Crippen LogP contribution in [0, 0.1) is 6.92 Å². The van der Waals surface area contributed by atoms with Crippen LogP contribution in [-0.4, -0.2) is 40.5 Å². The Bertz CT molecular complexity index is 402. The molecule has 0 amide bonds. The Morgan fingerprint density at radius 2 is 2.17 bits per heavy atom. The molecule has 1 atom stereocenters. The van der Waals surface area contributed by atoms with E-state index in [9.17, 15) is 5.11 Å². The summed E-state index contributed by atoms with van der Waals surface area (Å²) in [6.45, 7) is 5.82. The lowest BCUT2D eigenvalue weighted by molar-refractivity contribution is -0.0700. The standard InChI is InChI=1S/C12H19ClN2O3/c1-3-15-10(12(13)8(2)14-15)6-9(16)7-11-17-4-5-18-11/h9,11,16H,3-7H2,1-2H3. The fraction of sp³-hybridized carbons (Fsp3) is 0.750. The fourth-order valence-corrected chi connectivity index (χ4v) is 2.35. The zero-order chi connectivity index (χ0) is 13.1. The van der Waals surface area contributed by atoms with E-state index in [0.29, 0.717) is 31.1 Å². The highest BCUT2D eigenvalue weighted by atomic mass is 35.5. The molecule has 2 heterocycles. The lowest BCUT2D eigenvalue weighted by Crippen LogP contribution is -2.22. The second-order valence-corrected chi connectivity index (χ2v) is 4.80. The molecule has 0 aromatic carbocycles. The quantitative estimate of drug-likeness (QED) is 0.885. The van der Waals surface area contributed by atoms with Gasteiger partial charge < -0.3 is 14.6 Å². The molecule has 1 aliphatic heterocycles. The van der Waals surface area contributed by atoms with Crippen molar-refractivity contribution in [3.63, 3.8) is 0 Å². The maximum atomic E-state index is 10.1. The number of aryl methyl sites for hydroxylation is 2. The lowest BCUT2D eigenvalue weighted by Gasteiger charge is -2.15. The summed E-state index contributed by atoms with van der Waals surface area (Å²) in [7, 11) is 0. The highest BCUT2D eigenvalue weighted by molar-refractivity contribution is 6.31. The highest BCUT2D eigenvalue weighted by Gasteiger charge is 2.22. The van der Waals surface area contributed by atoms with Crippen molar-refractivity contribution in [1.29, 1.82) is 0 Å². The van der Waals surface area contributed by atoms with Gasteiger partial charge in [-0.25, -0.2) is 0 Å². The van der Waals surface area contributed by atoms with Crippen molar-refractivity contribution in [1.82, 2.24) is 9.78 Å². The van der Waals surface area contributed by atoms with Crippen LogP contribution in [0.25, 0.3) is 0 Å². The average molecular weight is 275 g/mol. The van der Waals surface area contributed by atoms with E-state index < -0.39 is 6.10 Å². The summed E-state index contributed by atoms with van der Waals surface area (Å²) >= 11 is 6.20. The molecule has 1 aromatic heterocycles. The summed E-state index contributed by atoms with van der Waals surface area (Å²) in [4.78, 5) is 0. The molecule has 0 saturated carbocycles. The highest BCUT2D eigenvalue weighted by Crippen LogP contribution is 2.23. The second-order valence-electron chi connectivity index (χ2n) is 4.43. The number of nitrogens with zero attached hydrogens (tertiary/aromatic N) is 2. The van der Waals surface area contributed by atoms with Crippen LogP contribution in [0.2, 0.25) is 5.02 Å². The molecule has 1 saturated heterocycles. The predicted octanol–water partition coefficient (Wildman–Crippen LogP) is 1.53. The van der Waals surface area contributed by atoms with Crippen LogP contribution in [0.5, 0.6) is 0 Å². The Morgan fingerprint density at radius 1 is 1.50 bits per heavy atom. The molecule has 1 fully saturated rings. The van der Waals surface area contributed by atoms with Gasteiger partial charge in [0.1, 0.15) is 0 Å². The van der Waals surface area contributed by atoms with Gasteiger partial charge in [-0.3, -0.25) is 4.68 Å². The Labute approximate surface area is 112 Å². The summed E-state index contributed by atoms with van der Waals surface area (Å²) in [6.07, 6.45) is 0.103. The van der Waals surface area contributed by atoms with Crippen LogP contribution in [0.15, 0.2) is 0 Å². The molecule has 102 valence electrons. The minimum atomic E-state index is -0.535. The summed E-state index contributed by atoms with van der Waals surface area (Å²) in [5.74, 6) is 0. The molecule has 0 radical (unpaired) electrons. The van der Waals surface area contributed by atoms with E-state index in [1.54, 1.807) is 0 Å². The summed E-state index contributed by atoms with van der Waals surface area (Å²) in [5, 5.41) is 15.0. The molecule has 5 nitrogen and oxygen atoms in total. The normalized spacial score (nSPS) is 18.4. The SMILES string of the molecule is CCn1nc(C)c(Cl)c1CC(O)CC1OCCO1. The molecule has 1 N–H and O–H groups in total. The van der Waals surface area contributed by atoms with Crippen LogP contribution in [0.3, 0.4) is 0 Å². The van der Waals surface area contributed by atoms with Crippen LogP contribution in [-0.2, 0) is 22.4 Å². The molecule has 0 bridgehead atoms. The Morgan fingerprint density at radius 3 is 2.78 bits per heavy atom. The van der Waals surface area contributed by atoms with Gasteiger partial charge >= 0.3 is 0 Å². The number of hydrogen-bond acceptors (Lipinski definition) is 4. The van der Waals surface area contributed by atoms with Gasteiger partial charge in [-0.2, -0.15) is 5.10 Å². The average Bonchev–Trinajstić information content (AvgIpc) is 2.92. The summed E-state index contributed by atoms with van der Waals surface area (Å²) < 4.78 is 12.5. The van der Waals surface area contributed by atoms with Crippen molar-refractivity contribution in [2.75, 3.05) is 13.2 Å². The van der Waals surface area contributed by atoms with Crippen molar-refractivity contribution < 1.29 is 14.6 Å².